The second kappa shape index (κ2) is 5.57. The van der Waals surface area contributed by atoms with Crippen LogP contribution < -0.4 is 0 Å². The molecule has 1 heterocycles. The summed E-state index contributed by atoms with van der Waals surface area (Å²) in [4.78, 5) is 0. The average Bonchev–Trinajstić information content (AvgIpc) is 2.82. The molecule has 1 aromatic carbocycles. The smallest absolute Gasteiger partial charge is 0.0634 e. The number of hydrogen-bond donors (Lipinski definition) is 1. The van der Waals surface area contributed by atoms with Gasteiger partial charge in [0.1, 0.15) is 0 Å². The predicted molar refractivity (Wildman–Crippen MR) is 77.0 cm³/mol. The summed E-state index contributed by atoms with van der Waals surface area (Å²) in [5.74, 6) is 0. The van der Waals surface area contributed by atoms with E-state index in [1.807, 2.05) is 37.6 Å². The topological polar surface area (TPSA) is 38.0 Å². The summed E-state index contributed by atoms with van der Waals surface area (Å²) in [6.07, 6.45) is 5.10. The van der Waals surface area contributed by atoms with E-state index < -0.39 is 0 Å². The van der Waals surface area contributed by atoms with Crippen LogP contribution in [0.15, 0.2) is 42.7 Å². The maximum absolute atomic E-state index is 10.5. The van der Waals surface area contributed by atoms with Crippen LogP contribution in [-0.4, -0.2) is 21.0 Å². The minimum absolute atomic E-state index is 0.233. The van der Waals surface area contributed by atoms with Crippen molar-refractivity contribution in [2.75, 3.05) is 0 Å². The van der Waals surface area contributed by atoms with Crippen molar-refractivity contribution in [3.63, 3.8) is 0 Å². The van der Waals surface area contributed by atoms with Crippen LogP contribution in [0, 0.1) is 0 Å². The third-order valence-electron chi connectivity index (χ3n) is 3.82. The molecule has 102 valence electrons. The first-order chi connectivity index (χ1) is 9.00. The minimum Gasteiger partial charge on any atom is -0.392 e. The van der Waals surface area contributed by atoms with Crippen LogP contribution >= 0.6 is 0 Å². The number of aromatic nitrogens is 2. The van der Waals surface area contributed by atoms with Crippen molar-refractivity contribution < 1.29 is 5.11 Å². The Morgan fingerprint density at radius 1 is 1.26 bits per heavy atom. The van der Waals surface area contributed by atoms with Gasteiger partial charge in [0.2, 0.25) is 0 Å². The Labute approximate surface area is 114 Å². The molecule has 3 heteroatoms. The van der Waals surface area contributed by atoms with E-state index in [2.05, 4.69) is 31.1 Å². The fourth-order valence-corrected chi connectivity index (χ4v) is 2.33. The third kappa shape index (κ3) is 3.24. The van der Waals surface area contributed by atoms with Crippen molar-refractivity contribution in [1.29, 1.82) is 0 Å². The molecule has 2 aromatic rings. The van der Waals surface area contributed by atoms with Gasteiger partial charge in [-0.2, -0.15) is 5.10 Å². The molecule has 0 aliphatic rings. The van der Waals surface area contributed by atoms with E-state index in [4.69, 9.17) is 0 Å². The van der Waals surface area contributed by atoms with Crippen LogP contribution in [0.4, 0.5) is 0 Å². The molecule has 0 saturated heterocycles. The van der Waals surface area contributed by atoms with Crippen LogP contribution in [0.2, 0.25) is 0 Å². The van der Waals surface area contributed by atoms with E-state index in [1.165, 1.54) is 11.1 Å². The van der Waals surface area contributed by atoms with Crippen molar-refractivity contribution >= 4 is 0 Å². The standard InChI is InChI=1S/C16H22N2O/c1-16(2,14-7-5-4-6-8-14)15(19)10-9-13-11-17-18(3)12-13/h4-8,11-12,15,19H,9-10H2,1-3H3. The molecule has 1 atom stereocenters. The van der Waals surface area contributed by atoms with Crippen molar-refractivity contribution in [1.82, 2.24) is 9.78 Å². The van der Waals surface area contributed by atoms with Gasteiger partial charge < -0.3 is 5.11 Å². The molecule has 0 amide bonds. The van der Waals surface area contributed by atoms with Gasteiger partial charge in [0.25, 0.3) is 0 Å². The van der Waals surface area contributed by atoms with Crippen molar-refractivity contribution in [2.24, 2.45) is 7.05 Å². The molecular formula is C16H22N2O. The number of aliphatic hydroxyl groups is 1. The maximum atomic E-state index is 10.5. The molecule has 0 spiro atoms. The molecule has 0 fully saturated rings. The zero-order chi connectivity index (χ0) is 13.9. The highest BCUT2D eigenvalue weighted by Gasteiger charge is 2.29. The SMILES string of the molecule is Cn1cc(CCC(O)C(C)(C)c2ccccc2)cn1. The summed E-state index contributed by atoms with van der Waals surface area (Å²) < 4.78 is 1.80. The molecule has 0 aliphatic carbocycles. The fraction of sp³-hybridized carbons (Fsp3) is 0.438. The van der Waals surface area contributed by atoms with Gasteiger partial charge in [0.05, 0.1) is 12.3 Å². The number of rotatable bonds is 5. The molecule has 0 radical (unpaired) electrons. The highest BCUT2D eigenvalue weighted by Crippen LogP contribution is 2.29. The lowest BCUT2D eigenvalue weighted by atomic mass is 9.77. The van der Waals surface area contributed by atoms with Crippen molar-refractivity contribution in [2.45, 2.75) is 38.2 Å². The zero-order valence-electron chi connectivity index (χ0n) is 11.9. The summed E-state index contributed by atoms with van der Waals surface area (Å²) in [7, 11) is 1.91. The average molecular weight is 258 g/mol. The first-order valence-electron chi connectivity index (χ1n) is 6.71. The van der Waals surface area contributed by atoms with Crippen LogP contribution in [0.25, 0.3) is 0 Å². The van der Waals surface area contributed by atoms with Gasteiger partial charge in [-0.15, -0.1) is 0 Å². The van der Waals surface area contributed by atoms with E-state index in [1.54, 1.807) is 4.68 Å². The monoisotopic (exact) mass is 258 g/mol. The highest BCUT2D eigenvalue weighted by atomic mass is 16.3. The summed E-state index contributed by atoms with van der Waals surface area (Å²) in [5, 5.41) is 14.6. The molecule has 2 rings (SSSR count). The fourth-order valence-electron chi connectivity index (χ4n) is 2.33. The number of aryl methyl sites for hydroxylation is 2. The third-order valence-corrected chi connectivity index (χ3v) is 3.82. The quantitative estimate of drug-likeness (QED) is 0.895. The van der Waals surface area contributed by atoms with E-state index >= 15 is 0 Å². The number of nitrogens with zero attached hydrogens (tertiary/aromatic N) is 2. The lowest BCUT2D eigenvalue weighted by Crippen LogP contribution is -2.33. The first-order valence-corrected chi connectivity index (χ1v) is 6.71. The van der Waals surface area contributed by atoms with E-state index in [-0.39, 0.29) is 11.5 Å². The molecule has 1 N–H and O–H groups in total. The molecule has 0 saturated carbocycles. The van der Waals surface area contributed by atoms with Gasteiger partial charge >= 0.3 is 0 Å². The van der Waals surface area contributed by atoms with E-state index in [0.717, 1.165) is 12.8 Å². The van der Waals surface area contributed by atoms with Gasteiger partial charge in [0, 0.05) is 18.7 Å². The Morgan fingerprint density at radius 3 is 2.53 bits per heavy atom. The minimum atomic E-state index is -0.366. The molecular weight excluding hydrogens is 236 g/mol. The summed E-state index contributed by atoms with van der Waals surface area (Å²) in [6, 6.07) is 10.2. The Hall–Kier alpha value is -1.61. The second-order valence-corrected chi connectivity index (χ2v) is 5.66. The molecule has 19 heavy (non-hydrogen) atoms. The van der Waals surface area contributed by atoms with E-state index in [9.17, 15) is 5.11 Å². The molecule has 0 aliphatic heterocycles. The van der Waals surface area contributed by atoms with Crippen LogP contribution in [0.3, 0.4) is 0 Å². The van der Waals surface area contributed by atoms with Gasteiger partial charge in [-0.05, 0) is 24.0 Å². The number of benzene rings is 1. The van der Waals surface area contributed by atoms with Crippen molar-refractivity contribution in [3.8, 4) is 0 Å². The Morgan fingerprint density at radius 2 is 1.95 bits per heavy atom. The lowest BCUT2D eigenvalue weighted by Gasteiger charge is -2.31. The Kier molecular flexibility index (Phi) is 4.05. The number of aliphatic hydroxyl groups excluding tert-OH is 1. The van der Waals surface area contributed by atoms with Gasteiger partial charge in [-0.3, -0.25) is 4.68 Å². The zero-order valence-corrected chi connectivity index (χ0v) is 11.9. The Balaban J connectivity index is 2.01. The largest absolute Gasteiger partial charge is 0.392 e. The maximum Gasteiger partial charge on any atom is 0.0634 e. The lowest BCUT2D eigenvalue weighted by molar-refractivity contribution is 0.0915. The van der Waals surface area contributed by atoms with Crippen LogP contribution in [0.1, 0.15) is 31.4 Å². The molecule has 3 nitrogen and oxygen atoms in total. The highest BCUT2D eigenvalue weighted by molar-refractivity contribution is 5.25. The molecule has 1 aromatic heterocycles. The van der Waals surface area contributed by atoms with Gasteiger partial charge in [0.15, 0.2) is 0 Å². The normalized spacial score (nSPS) is 13.5. The molecule has 0 bridgehead atoms. The summed E-state index contributed by atoms with van der Waals surface area (Å²) in [5.41, 5.74) is 2.11. The molecule has 1 unspecified atom stereocenters. The first kappa shape index (κ1) is 13.8. The van der Waals surface area contributed by atoms with Crippen LogP contribution in [-0.2, 0) is 18.9 Å². The number of hydrogen-bond acceptors (Lipinski definition) is 2. The Bertz CT molecular complexity index is 517. The summed E-state index contributed by atoms with van der Waals surface area (Å²) in [6.45, 7) is 4.19. The van der Waals surface area contributed by atoms with Gasteiger partial charge in [-0.25, -0.2) is 0 Å². The van der Waals surface area contributed by atoms with Crippen LogP contribution in [0.5, 0.6) is 0 Å². The van der Waals surface area contributed by atoms with Gasteiger partial charge in [-0.1, -0.05) is 44.2 Å². The van der Waals surface area contributed by atoms with Crippen molar-refractivity contribution in [3.05, 3.63) is 53.9 Å². The second-order valence-electron chi connectivity index (χ2n) is 5.66. The summed E-state index contributed by atoms with van der Waals surface area (Å²) >= 11 is 0. The van der Waals surface area contributed by atoms with E-state index in [0.29, 0.717) is 0 Å². The predicted octanol–water partition coefficient (Wildman–Crippen LogP) is 2.69.